The molecule has 3 heterocycles. The van der Waals surface area contributed by atoms with Gasteiger partial charge in [0.05, 0.1) is 0 Å². The number of hydrogen-bond acceptors (Lipinski definition) is 7. The molecule has 1 aliphatic heterocycles. The first kappa shape index (κ1) is 16.7. The van der Waals surface area contributed by atoms with E-state index in [-0.39, 0.29) is 5.91 Å². The van der Waals surface area contributed by atoms with Crippen LogP contribution in [0.25, 0.3) is 15.5 Å². The van der Waals surface area contributed by atoms with Crippen LogP contribution in [-0.4, -0.2) is 38.9 Å². The van der Waals surface area contributed by atoms with E-state index in [1.54, 1.807) is 22.7 Å². The maximum atomic E-state index is 12.5. The average Bonchev–Trinajstić information content (AvgIpc) is 3.30. The third-order valence-electron chi connectivity index (χ3n) is 4.34. The lowest BCUT2D eigenvalue weighted by molar-refractivity contribution is 0.102. The predicted octanol–water partition coefficient (Wildman–Crippen LogP) is 3.18. The Kier molecular flexibility index (Phi) is 3.94. The zero-order valence-corrected chi connectivity index (χ0v) is 15.7. The van der Waals surface area contributed by atoms with Crippen LogP contribution in [0.15, 0.2) is 42.5 Å². The van der Waals surface area contributed by atoms with Gasteiger partial charge >= 0.3 is 0 Å². The van der Waals surface area contributed by atoms with Crippen molar-refractivity contribution in [1.29, 1.82) is 0 Å². The Morgan fingerprint density at radius 3 is 2.64 bits per heavy atom. The molecule has 0 atom stereocenters. The molecule has 5 rings (SSSR count). The van der Waals surface area contributed by atoms with Gasteiger partial charge in [-0.3, -0.25) is 4.79 Å². The minimum absolute atomic E-state index is 0.209. The number of ether oxygens (including phenoxy) is 2. The van der Waals surface area contributed by atoms with Gasteiger partial charge < -0.3 is 14.8 Å². The van der Waals surface area contributed by atoms with Gasteiger partial charge in [0.25, 0.3) is 5.91 Å². The maximum absolute atomic E-state index is 12.5. The Balaban J connectivity index is 1.33. The zero-order chi connectivity index (χ0) is 19.1. The van der Waals surface area contributed by atoms with E-state index in [9.17, 15) is 4.79 Å². The summed E-state index contributed by atoms with van der Waals surface area (Å²) in [7, 11) is 0. The molecule has 0 saturated carbocycles. The molecular formula is C19H15N5O3S. The molecule has 4 aromatic rings. The van der Waals surface area contributed by atoms with Crippen LogP contribution in [-0.2, 0) is 0 Å². The topological polar surface area (TPSA) is 90.6 Å². The largest absolute Gasteiger partial charge is 0.486 e. The molecular weight excluding hydrogens is 378 g/mol. The summed E-state index contributed by atoms with van der Waals surface area (Å²) in [5.74, 6) is 1.79. The molecule has 140 valence electrons. The molecule has 1 amide bonds. The quantitative estimate of drug-likeness (QED) is 0.575. The molecule has 28 heavy (non-hydrogen) atoms. The number of benzene rings is 2. The molecule has 1 N–H and O–H groups in total. The lowest BCUT2D eigenvalue weighted by atomic mass is 10.1. The van der Waals surface area contributed by atoms with Gasteiger partial charge in [0.1, 0.15) is 18.2 Å². The van der Waals surface area contributed by atoms with Crippen molar-refractivity contribution < 1.29 is 14.3 Å². The van der Waals surface area contributed by atoms with Crippen molar-refractivity contribution in [3.05, 3.63) is 53.9 Å². The normalized spacial score (nSPS) is 12.9. The fourth-order valence-corrected chi connectivity index (χ4v) is 3.81. The number of anilines is 1. The van der Waals surface area contributed by atoms with Crippen LogP contribution in [0, 0.1) is 6.92 Å². The molecule has 0 radical (unpaired) electrons. The van der Waals surface area contributed by atoms with Crippen molar-refractivity contribution in [2.45, 2.75) is 6.92 Å². The fourth-order valence-electron chi connectivity index (χ4n) is 2.92. The highest BCUT2D eigenvalue weighted by atomic mass is 32.1. The molecule has 0 aliphatic carbocycles. The van der Waals surface area contributed by atoms with E-state index in [2.05, 4.69) is 20.6 Å². The summed E-state index contributed by atoms with van der Waals surface area (Å²) in [6.07, 6.45) is 0. The van der Waals surface area contributed by atoms with Crippen LogP contribution in [0.5, 0.6) is 11.5 Å². The second-order valence-corrected chi connectivity index (χ2v) is 7.19. The highest BCUT2D eigenvalue weighted by Gasteiger charge is 2.15. The third kappa shape index (κ3) is 2.95. The number of carbonyl (C=O) groups is 1. The summed E-state index contributed by atoms with van der Waals surface area (Å²) >= 11 is 1.47. The lowest BCUT2D eigenvalue weighted by Crippen LogP contribution is -2.17. The molecule has 2 aromatic heterocycles. The van der Waals surface area contributed by atoms with Crippen molar-refractivity contribution in [2.24, 2.45) is 0 Å². The van der Waals surface area contributed by atoms with Gasteiger partial charge in [0.2, 0.25) is 4.96 Å². The van der Waals surface area contributed by atoms with E-state index in [1.807, 2.05) is 31.2 Å². The van der Waals surface area contributed by atoms with Crippen LogP contribution < -0.4 is 14.8 Å². The van der Waals surface area contributed by atoms with Crippen LogP contribution in [0.4, 0.5) is 5.69 Å². The minimum Gasteiger partial charge on any atom is -0.486 e. The minimum atomic E-state index is -0.209. The average molecular weight is 393 g/mol. The first-order chi connectivity index (χ1) is 13.7. The van der Waals surface area contributed by atoms with Crippen LogP contribution in [0.1, 0.15) is 16.2 Å². The second-order valence-electron chi connectivity index (χ2n) is 6.24. The number of aryl methyl sites for hydroxylation is 1. The number of aromatic nitrogens is 4. The van der Waals surface area contributed by atoms with Crippen molar-refractivity contribution in [2.75, 3.05) is 18.5 Å². The van der Waals surface area contributed by atoms with Gasteiger partial charge in [0.15, 0.2) is 17.3 Å². The zero-order valence-electron chi connectivity index (χ0n) is 14.9. The van der Waals surface area contributed by atoms with Crippen LogP contribution in [0.3, 0.4) is 0 Å². The van der Waals surface area contributed by atoms with E-state index in [0.717, 1.165) is 21.4 Å². The van der Waals surface area contributed by atoms with Gasteiger partial charge in [-0.05, 0) is 49.4 Å². The number of amides is 1. The van der Waals surface area contributed by atoms with Gasteiger partial charge in [-0.1, -0.05) is 11.3 Å². The van der Waals surface area contributed by atoms with E-state index in [1.165, 1.54) is 11.3 Å². The highest BCUT2D eigenvalue weighted by molar-refractivity contribution is 7.19. The van der Waals surface area contributed by atoms with Crippen LogP contribution >= 0.6 is 11.3 Å². The van der Waals surface area contributed by atoms with E-state index in [4.69, 9.17) is 9.47 Å². The molecule has 0 bridgehead atoms. The van der Waals surface area contributed by atoms with Gasteiger partial charge in [0, 0.05) is 16.8 Å². The fraction of sp³-hybridized carbons (Fsp3) is 0.158. The Labute approximate surface area is 163 Å². The summed E-state index contributed by atoms with van der Waals surface area (Å²) < 4.78 is 12.7. The standard InChI is InChI=1S/C19H15N5O3S/c1-11-21-22-19-24(11)23-18(28-19)12-2-5-14(6-3-12)20-17(25)13-4-7-15-16(10-13)27-9-8-26-15/h2-7,10H,8-9H2,1H3,(H,20,25). The summed E-state index contributed by atoms with van der Waals surface area (Å²) in [5, 5.41) is 16.3. The molecule has 2 aromatic carbocycles. The summed E-state index contributed by atoms with van der Waals surface area (Å²) in [4.78, 5) is 13.3. The molecule has 0 fully saturated rings. The SMILES string of the molecule is Cc1nnc2sc(-c3ccc(NC(=O)c4ccc5c(c4)OCCO5)cc3)nn12. The third-order valence-corrected chi connectivity index (χ3v) is 5.29. The predicted molar refractivity (Wildman–Crippen MR) is 104 cm³/mol. The number of nitrogens with zero attached hydrogens (tertiary/aromatic N) is 4. The smallest absolute Gasteiger partial charge is 0.255 e. The molecule has 0 spiro atoms. The molecule has 9 heteroatoms. The van der Waals surface area contributed by atoms with Crippen molar-refractivity contribution >= 4 is 27.9 Å². The van der Waals surface area contributed by atoms with E-state index >= 15 is 0 Å². The number of fused-ring (bicyclic) bond motifs is 2. The Bertz CT molecular complexity index is 1180. The van der Waals surface area contributed by atoms with E-state index < -0.39 is 0 Å². The summed E-state index contributed by atoms with van der Waals surface area (Å²) in [6.45, 7) is 2.86. The van der Waals surface area contributed by atoms with E-state index in [0.29, 0.717) is 36.0 Å². The van der Waals surface area contributed by atoms with Crippen molar-refractivity contribution in [3.8, 4) is 22.1 Å². The van der Waals surface area contributed by atoms with Crippen molar-refractivity contribution in [3.63, 3.8) is 0 Å². The summed E-state index contributed by atoms with van der Waals surface area (Å²) in [5.41, 5.74) is 2.16. The Hall–Kier alpha value is -3.46. The molecule has 0 unspecified atom stereocenters. The number of hydrogen-bond donors (Lipinski definition) is 1. The van der Waals surface area contributed by atoms with Gasteiger partial charge in [-0.15, -0.1) is 10.2 Å². The van der Waals surface area contributed by atoms with Gasteiger partial charge in [-0.2, -0.15) is 9.61 Å². The molecule has 8 nitrogen and oxygen atoms in total. The van der Waals surface area contributed by atoms with Crippen molar-refractivity contribution in [1.82, 2.24) is 19.8 Å². The number of nitrogens with one attached hydrogen (secondary N) is 1. The summed E-state index contributed by atoms with van der Waals surface area (Å²) in [6, 6.07) is 12.7. The number of rotatable bonds is 3. The molecule has 1 aliphatic rings. The maximum Gasteiger partial charge on any atom is 0.255 e. The van der Waals surface area contributed by atoms with Crippen LogP contribution in [0.2, 0.25) is 0 Å². The second kappa shape index (κ2) is 6.61. The highest BCUT2D eigenvalue weighted by Crippen LogP contribution is 2.31. The Morgan fingerprint density at radius 1 is 1.07 bits per heavy atom. The number of carbonyl (C=O) groups excluding carboxylic acids is 1. The Morgan fingerprint density at radius 2 is 1.86 bits per heavy atom. The monoisotopic (exact) mass is 393 g/mol. The first-order valence-corrected chi connectivity index (χ1v) is 9.49. The lowest BCUT2D eigenvalue weighted by Gasteiger charge is -2.18. The first-order valence-electron chi connectivity index (χ1n) is 8.68. The molecule has 0 saturated heterocycles. The van der Waals surface area contributed by atoms with Gasteiger partial charge in [-0.25, -0.2) is 0 Å².